The summed E-state index contributed by atoms with van der Waals surface area (Å²) in [5, 5.41) is 61.0. The van der Waals surface area contributed by atoms with Crippen LogP contribution < -0.4 is 26.6 Å². The first-order valence-electron chi connectivity index (χ1n) is 26.4. The van der Waals surface area contributed by atoms with Crippen LogP contribution in [0.4, 0.5) is 0 Å². The lowest BCUT2D eigenvalue weighted by Gasteiger charge is -2.40. The van der Waals surface area contributed by atoms with Crippen molar-refractivity contribution in [3.63, 3.8) is 0 Å². The fraction of sp³-hybridized carbons (Fsp3) is 0.769. The largest absolute Gasteiger partial charge is 0.480 e. The van der Waals surface area contributed by atoms with Gasteiger partial charge < -0.3 is 56.9 Å². The molecule has 0 bridgehead atoms. The first kappa shape index (κ1) is 61.0. The summed E-state index contributed by atoms with van der Waals surface area (Å²) < 4.78 is 5.33. The van der Waals surface area contributed by atoms with Crippen LogP contribution in [0.3, 0.4) is 0 Å². The van der Waals surface area contributed by atoms with Crippen LogP contribution in [0.15, 0.2) is 30.3 Å². The molecule has 1 aliphatic rings. The van der Waals surface area contributed by atoms with E-state index in [1.807, 2.05) is 30.3 Å². The van der Waals surface area contributed by atoms with Crippen LogP contribution in [0.25, 0.3) is 0 Å². The van der Waals surface area contributed by atoms with E-state index in [1.165, 1.54) is 64.2 Å². The van der Waals surface area contributed by atoms with E-state index in [9.17, 15) is 49.2 Å². The van der Waals surface area contributed by atoms with Gasteiger partial charge in [0.1, 0.15) is 37.0 Å². The van der Waals surface area contributed by atoms with Crippen LogP contribution in [-0.4, -0.2) is 124 Å². The minimum Gasteiger partial charge on any atom is -0.480 e. The number of hydrogen-bond donors (Lipinski definition) is 10. The van der Waals surface area contributed by atoms with E-state index in [0.717, 1.165) is 108 Å². The van der Waals surface area contributed by atoms with Crippen molar-refractivity contribution in [2.24, 2.45) is 0 Å². The molecule has 1 unspecified atom stereocenters. The average Bonchev–Trinajstić information content (AvgIpc) is 3.33. The van der Waals surface area contributed by atoms with Crippen LogP contribution >= 0.6 is 0 Å². The third kappa shape index (κ3) is 30.9. The van der Waals surface area contributed by atoms with Crippen molar-refractivity contribution in [2.75, 3.05) is 26.2 Å². The van der Waals surface area contributed by atoms with Gasteiger partial charge in [0.15, 0.2) is 6.23 Å². The van der Waals surface area contributed by atoms with Crippen molar-refractivity contribution in [3.05, 3.63) is 35.9 Å². The fourth-order valence-electron chi connectivity index (χ4n) is 8.49. The molecule has 1 heterocycles. The molecule has 1 aromatic rings. The summed E-state index contributed by atoms with van der Waals surface area (Å²) in [6.07, 6.45) is 23.0. The number of aliphatic carboxylic acids is 1. The van der Waals surface area contributed by atoms with Crippen LogP contribution in [0.5, 0.6) is 0 Å². The molecular formula is C52H89N5O12. The third-order valence-electron chi connectivity index (χ3n) is 12.7. The number of benzene rings is 1. The van der Waals surface area contributed by atoms with E-state index in [4.69, 9.17) is 9.84 Å². The van der Waals surface area contributed by atoms with Gasteiger partial charge in [0.25, 0.3) is 0 Å². The van der Waals surface area contributed by atoms with Gasteiger partial charge in [0.2, 0.25) is 29.5 Å². The van der Waals surface area contributed by atoms with Crippen molar-refractivity contribution in [1.29, 1.82) is 0 Å². The maximum atomic E-state index is 13.2. The van der Waals surface area contributed by atoms with Crippen LogP contribution in [0, 0.1) is 0 Å². The molecule has 1 fully saturated rings. The van der Waals surface area contributed by atoms with Gasteiger partial charge in [-0.05, 0) is 31.2 Å². The monoisotopic (exact) mass is 976 g/mol. The Morgan fingerprint density at radius 1 is 0.493 bits per heavy atom. The third-order valence-corrected chi connectivity index (χ3v) is 12.7. The highest BCUT2D eigenvalue weighted by molar-refractivity contribution is 5.88. The van der Waals surface area contributed by atoms with E-state index >= 15 is 0 Å². The van der Waals surface area contributed by atoms with Crippen LogP contribution in [0.2, 0.25) is 0 Å². The maximum absolute atomic E-state index is 13.2. The molecule has 0 radical (unpaired) electrons. The van der Waals surface area contributed by atoms with Crippen LogP contribution in [0.1, 0.15) is 192 Å². The number of rotatable bonds is 42. The Bertz CT molecular complexity index is 1550. The molecule has 69 heavy (non-hydrogen) atoms. The highest BCUT2D eigenvalue weighted by Gasteiger charge is 2.43. The van der Waals surface area contributed by atoms with E-state index in [2.05, 4.69) is 26.6 Å². The molecule has 394 valence electrons. The van der Waals surface area contributed by atoms with Crippen LogP contribution in [-0.2, 0) is 39.9 Å². The molecule has 0 aliphatic carbocycles. The Hall–Kier alpha value is -4.16. The van der Waals surface area contributed by atoms with Gasteiger partial charge in [-0.25, -0.2) is 0 Å². The Balaban J connectivity index is 1.41. The lowest BCUT2D eigenvalue weighted by atomic mass is 9.98. The zero-order chi connectivity index (χ0) is 50.3. The number of aliphatic hydroxyl groups excluding tert-OH is 4. The van der Waals surface area contributed by atoms with E-state index in [0.29, 0.717) is 25.8 Å². The molecule has 17 heteroatoms. The van der Waals surface area contributed by atoms with E-state index in [1.54, 1.807) is 0 Å². The summed E-state index contributed by atoms with van der Waals surface area (Å²) in [6, 6.07) is 9.16. The topological polar surface area (TPSA) is 273 Å². The van der Waals surface area contributed by atoms with Gasteiger partial charge in [-0.1, -0.05) is 172 Å². The van der Waals surface area contributed by atoms with Crippen molar-refractivity contribution < 1.29 is 59.0 Å². The number of hydrogen-bond acceptors (Lipinski definition) is 11. The number of ether oxygens (including phenoxy) is 1. The number of carbonyl (C=O) groups excluding carboxylic acids is 5. The maximum Gasteiger partial charge on any atom is 0.322 e. The minimum absolute atomic E-state index is 0.0792. The zero-order valence-corrected chi connectivity index (χ0v) is 41.5. The van der Waals surface area contributed by atoms with Crippen molar-refractivity contribution in [2.45, 2.75) is 229 Å². The van der Waals surface area contributed by atoms with Crippen molar-refractivity contribution in [1.82, 2.24) is 26.6 Å². The molecule has 0 saturated carbocycles. The number of carbonyl (C=O) groups is 6. The second kappa shape index (κ2) is 39.5. The Kier molecular flexibility index (Phi) is 34.9. The van der Waals surface area contributed by atoms with Gasteiger partial charge in [-0.2, -0.15) is 0 Å². The zero-order valence-electron chi connectivity index (χ0n) is 41.5. The summed E-state index contributed by atoms with van der Waals surface area (Å²) in [7, 11) is 0. The lowest BCUT2D eigenvalue weighted by Crippen LogP contribution is -2.63. The SMILES string of the molecule is O=C(O)CNC(=O)CNC(=O)CCCCCCCCCCCNC(=O)C(Cc1ccccc1)NC(=O)CCCCCCCCCCCCCCCCCCCC(=O)N[C@@H]1O[C@H](CO)[C@@H](O)[C@H](O)[C@H]1O. The normalized spacial score (nSPS) is 18.2. The van der Waals surface area contributed by atoms with E-state index < -0.39 is 61.7 Å². The molecule has 5 amide bonds. The molecule has 10 N–H and O–H groups in total. The summed E-state index contributed by atoms with van der Waals surface area (Å²) in [4.78, 5) is 72.2. The Morgan fingerprint density at radius 2 is 0.928 bits per heavy atom. The summed E-state index contributed by atoms with van der Waals surface area (Å²) in [5.41, 5.74) is 1.00. The second-order valence-corrected chi connectivity index (χ2v) is 18.8. The van der Waals surface area contributed by atoms with Gasteiger partial charge in [0.05, 0.1) is 13.2 Å². The predicted octanol–water partition coefficient (Wildman–Crippen LogP) is 5.38. The smallest absolute Gasteiger partial charge is 0.322 e. The molecule has 0 aromatic heterocycles. The number of aliphatic hydroxyl groups is 4. The first-order valence-corrected chi connectivity index (χ1v) is 26.4. The highest BCUT2D eigenvalue weighted by atomic mass is 16.6. The quantitative estimate of drug-likeness (QED) is 0.0370. The summed E-state index contributed by atoms with van der Waals surface area (Å²) in [5.74, 6) is -2.40. The second-order valence-electron chi connectivity index (χ2n) is 18.8. The molecular weight excluding hydrogens is 887 g/mol. The number of amides is 5. The number of carboxylic acid groups (broad SMARTS) is 1. The number of nitrogens with one attached hydrogen (secondary N) is 5. The van der Waals surface area contributed by atoms with Gasteiger partial charge >= 0.3 is 5.97 Å². The van der Waals surface area contributed by atoms with Gasteiger partial charge in [-0.3, -0.25) is 28.8 Å². The molecule has 6 atom stereocenters. The van der Waals surface area contributed by atoms with Gasteiger partial charge in [-0.15, -0.1) is 0 Å². The molecule has 17 nitrogen and oxygen atoms in total. The average molecular weight is 976 g/mol. The summed E-state index contributed by atoms with van der Waals surface area (Å²) >= 11 is 0. The van der Waals surface area contributed by atoms with Crippen molar-refractivity contribution in [3.8, 4) is 0 Å². The lowest BCUT2D eigenvalue weighted by molar-refractivity contribution is -0.236. The Morgan fingerprint density at radius 3 is 1.41 bits per heavy atom. The van der Waals surface area contributed by atoms with E-state index in [-0.39, 0.29) is 36.6 Å². The minimum atomic E-state index is -1.51. The predicted molar refractivity (Wildman–Crippen MR) is 265 cm³/mol. The molecule has 1 aromatic carbocycles. The summed E-state index contributed by atoms with van der Waals surface area (Å²) in [6.45, 7) is -0.652. The fourth-order valence-corrected chi connectivity index (χ4v) is 8.49. The highest BCUT2D eigenvalue weighted by Crippen LogP contribution is 2.20. The molecule has 1 saturated heterocycles. The molecule has 2 rings (SSSR count). The van der Waals surface area contributed by atoms with Crippen molar-refractivity contribution >= 4 is 35.5 Å². The molecule has 1 aliphatic heterocycles. The number of carboxylic acids is 1. The van der Waals surface area contributed by atoms with Gasteiger partial charge in [0, 0.05) is 32.2 Å². The number of unbranched alkanes of at least 4 members (excludes halogenated alkanes) is 24. The Labute approximate surface area is 411 Å². The standard InChI is InChI=1S/C52H89N5O12/c58-39-42-48(65)49(66)50(67)52(69-42)57-45(61)34-28-21-17-12-9-7-5-3-1-2-4-6-8-11-16-20-27-33-44(60)56-41(36-40-30-24-23-25-31-40)51(68)53-35-29-22-18-14-10-13-15-19-26-32-43(59)54-37-46(62)55-38-47(63)64/h23-25,30-31,41-42,48-50,52,58,65-67H,1-22,26-29,32-39H2,(H,53,68)(H,54,59)(H,55,62)(H,56,60)(H,57,61)(H,63,64)/t41?,42-,48-,49+,50-,52-/m1/s1. The first-order chi connectivity index (χ1) is 33.4. The molecule has 0 spiro atoms.